The molecule has 1 aromatic rings. The van der Waals surface area contributed by atoms with Gasteiger partial charge < -0.3 is 14.9 Å². The minimum absolute atomic E-state index is 0.397. The van der Waals surface area contributed by atoms with Crippen molar-refractivity contribution in [2.45, 2.75) is 19.3 Å². The lowest BCUT2D eigenvalue weighted by molar-refractivity contribution is 0.0697. The summed E-state index contributed by atoms with van der Waals surface area (Å²) in [5.41, 5.74) is 2.79. The van der Waals surface area contributed by atoms with Crippen LogP contribution in [0.25, 0.3) is 0 Å². The van der Waals surface area contributed by atoms with Crippen molar-refractivity contribution in [3.8, 4) is 0 Å². The molecule has 4 nitrogen and oxygen atoms in total. The fourth-order valence-electron chi connectivity index (χ4n) is 2.62. The average molecular weight is 262 g/mol. The number of hydrogen-bond acceptors (Lipinski definition) is 3. The number of rotatable bonds is 5. The van der Waals surface area contributed by atoms with Gasteiger partial charge in [0.2, 0.25) is 0 Å². The molecule has 0 aliphatic carbocycles. The Morgan fingerprint density at radius 2 is 2.21 bits per heavy atom. The summed E-state index contributed by atoms with van der Waals surface area (Å²) in [4.78, 5) is 15.6. The van der Waals surface area contributed by atoms with Crippen LogP contribution in [0.5, 0.6) is 0 Å². The molecule has 0 bridgehead atoms. The van der Waals surface area contributed by atoms with Crippen LogP contribution in [0.1, 0.15) is 28.8 Å². The summed E-state index contributed by atoms with van der Waals surface area (Å²) in [5, 5.41) is 9.04. The second-order valence-electron chi connectivity index (χ2n) is 5.40. The number of anilines is 1. The van der Waals surface area contributed by atoms with E-state index in [9.17, 15) is 4.79 Å². The number of fused-ring (bicyclic) bond motifs is 1. The van der Waals surface area contributed by atoms with E-state index in [0.717, 1.165) is 38.9 Å². The molecule has 1 N–H and O–H groups in total. The lowest BCUT2D eigenvalue weighted by Crippen LogP contribution is -2.32. The van der Waals surface area contributed by atoms with Crippen LogP contribution in [0.15, 0.2) is 18.2 Å². The van der Waals surface area contributed by atoms with Crippen molar-refractivity contribution in [3.63, 3.8) is 0 Å². The van der Waals surface area contributed by atoms with Crippen molar-refractivity contribution in [1.82, 2.24) is 4.90 Å². The van der Waals surface area contributed by atoms with E-state index < -0.39 is 5.97 Å². The summed E-state index contributed by atoms with van der Waals surface area (Å²) in [6.45, 7) is 3.20. The predicted molar refractivity (Wildman–Crippen MR) is 77.1 cm³/mol. The fraction of sp³-hybridized carbons (Fsp3) is 0.533. The topological polar surface area (TPSA) is 43.8 Å². The summed E-state index contributed by atoms with van der Waals surface area (Å²) >= 11 is 0. The van der Waals surface area contributed by atoms with Gasteiger partial charge >= 0.3 is 5.97 Å². The molecule has 0 atom stereocenters. The average Bonchev–Trinajstić information content (AvgIpc) is 2.37. The molecular weight excluding hydrogens is 240 g/mol. The van der Waals surface area contributed by atoms with Crippen LogP contribution in [-0.2, 0) is 6.42 Å². The van der Waals surface area contributed by atoms with Crippen LogP contribution in [0, 0.1) is 0 Å². The van der Waals surface area contributed by atoms with Gasteiger partial charge in [0.25, 0.3) is 0 Å². The first kappa shape index (κ1) is 13.9. The number of carboxylic acids is 1. The van der Waals surface area contributed by atoms with E-state index >= 15 is 0 Å². The number of carbonyl (C=O) groups is 1. The highest BCUT2D eigenvalue weighted by Gasteiger charge is 2.18. The third-order valence-corrected chi connectivity index (χ3v) is 3.57. The molecule has 0 amide bonds. The van der Waals surface area contributed by atoms with Crippen molar-refractivity contribution >= 4 is 11.7 Å². The number of benzene rings is 1. The van der Waals surface area contributed by atoms with Gasteiger partial charge in [-0.1, -0.05) is 0 Å². The molecule has 19 heavy (non-hydrogen) atoms. The highest BCUT2D eigenvalue weighted by Crippen LogP contribution is 2.28. The lowest BCUT2D eigenvalue weighted by Gasteiger charge is -2.32. The Morgan fingerprint density at radius 3 is 2.89 bits per heavy atom. The minimum Gasteiger partial charge on any atom is -0.478 e. The molecule has 1 heterocycles. The molecule has 0 spiro atoms. The molecule has 1 aliphatic heterocycles. The van der Waals surface area contributed by atoms with E-state index in [-0.39, 0.29) is 0 Å². The highest BCUT2D eigenvalue weighted by atomic mass is 16.4. The van der Waals surface area contributed by atoms with Crippen LogP contribution in [0.3, 0.4) is 0 Å². The van der Waals surface area contributed by atoms with Gasteiger partial charge in [-0.25, -0.2) is 4.79 Å². The molecule has 1 aliphatic rings. The monoisotopic (exact) mass is 262 g/mol. The van der Waals surface area contributed by atoms with Gasteiger partial charge in [0.1, 0.15) is 0 Å². The predicted octanol–water partition coefficient (Wildman–Crippen LogP) is 2.09. The van der Waals surface area contributed by atoms with Gasteiger partial charge in [0, 0.05) is 18.8 Å². The van der Waals surface area contributed by atoms with Gasteiger partial charge in [-0.15, -0.1) is 0 Å². The number of hydrogen-bond donors (Lipinski definition) is 1. The molecule has 0 saturated heterocycles. The minimum atomic E-state index is -0.840. The van der Waals surface area contributed by atoms with Crippen LogP contribution in [0.4, 0.5) is 5.69 Å². The zero-order valence-electron chi connectivity index (χ0n) is 11.7. The quantitative estimate of drug-likeness (QED) is 0.882. The molecule has 2 rings (SSSR count). The summed E-state index contributed by atoms with van der Waals surface area (Å²) in [6.07, 6.45) is 3.23. The van der Waals surface area contributed by atoms with Crippen LogP contribution < -0.4 is 4.90 Å². The van der Waals surface area contributed by atoms with Crippen molar-refractivity contribution in [1.29, 1.82) is 0 Å². The Balaban J connectivity index is 2.09. The Kier molecular flexibility index (Phi) is 4.43. The normalized spacial score (nSPS) is 14.6. The molecule has 0 radical (unpaired) electrons. The van der Waals surface area contributed by atoms with Gasteiger partial charge in [-0.05, 0) is 63.7 Å². The number of nitrogens with zero attached hydrogens (tertiary/aromatic N) is 2. The Morgan fingerprint density at radius 1 is 1.42 bits per heavy atom. The molecule has 104 valence electrons. The fourth-order valence-corrected chi connectivity index (χ4v) is 2.62. The maximum Gasteiger partial charge on any atom is 0.335 e. The largest absolute Gasteiger partial charge is 0.478 e. The zero-order chi connectivity index (χ0) is 13.8. The smallest absolute Gasteiger partial charge is 0.335 e. The highest BCUT2D eigenvalue weighted by molar-refractivity contribution is 5.88. The van der Waals surface area contributed by atoms with E-state index in [1.165, 1.54) is 11.3 Å². The van der Waals surface area contributed by atoms with Crippen molar-refractivity contribution in [2.24, 2.45) is 0 Å². The maximum atomic E-state index is 11.0. The zero-order valence-corrected chi connectivity index (χ0v) is 11.7. The number of aromatic carboxylic acids is 1. The molecule has 0 saturated carbocycles. The first-order valence-electron chi connectivity index (χ1n) is 6.84. The van der Waals surface area contributed by atoms with E-state index in [4.69, 9.17) is 5.11 Å². The Labute approximate surface area is 114 Å². The SMILES string of the molecule is CN(C)CCCN1CCCc2cc(C(=O)O)ccc21. The maximum absolute atomic E-state index is 11.0. The van der Waals surface area contributed by atoms with E-state index in [1.54, 1.807) is 6.07 Å². The van der Waals surface area contributed by atoms with Crippen molar-refractivity contribution in [2.75, 3.05) is 38.6 Å². The Hall–Kier alpha value is -1.55. The number of carboxylic acid groups (broad SMARTS) is 1. The summed E-state index contributed by atoms with van der Waals surface area (Å²) in [5.74, 6) is -0.840. The van der Waals surface area contributed by atoms with E-state index in [1.807, 2.05) is 12.1 Å². The molecule has 0 aromatic heterocycles. The summed E-state index contributed by atoms with van der Waals surface area (Å²) < 4.78 is 0. The standard InChI is InChI=1S/C15H22N2O2/c1-16(2)8-4-10-17-9-3-5-12-11-13(15(18)19)6-7-14(12)17/h6-7,11H,3-5,8-10H2,1-2H3,(H,18,19). The first-order chi connectivity index (χ1) is 9.08. The van der Waals surface area contributed by atoms with E-state index in [0.29, 0.717) is 5.56 Å². The van der Waals surface area contributed by atoms with Gasteiger partial charge in [0.15, 0.2) is 0 Å². The molecular formula is C15H22N2O2. The van der Waals surface area contributed by atoms with Crippen molar-refractivity contribution < 1.29 is 9.90 Å². The van der Waals surface area contributed by atoms with Gasteiger partial charge in [-0.3, -0.25) is 0 Å². The van der Waals surface area contributed by atoms with E-state index in [2.05, 4.69) is 23.9 Å². The molecule has 0 unspecified atom stereocenters. The Bertz CT molecular complexity index is 457. The lowest BCUT2D eigenvalue weighted by atomic mass is 9.99. The third kappa shape index (κ3) is 3.47. The second kappa shape index (κ2) is 6.06. The van der Waals surface area contributed by atoms with Crippen LogP contribution in [0.2, 0.25) is 0 Å². The summed E-state index contributed by atoms with van der Waals surface area (Å²) in [7, 11) is 4.17. The van der Waals surface area contributed by atoms with Crippen LogP contribution >= 0.6 is 0 Å². The number of aryl methyl sites for hydroxylation is 1. The molecule has 1 aromatic carbocycles. The second-order valence-corrected chi connectivity index (χ2v) is 5.40. The summed E-state index contributed by atoms with van der Waals surface area (Å²) in [6, 6.07) is 5.51. The van der Waals surface area contributed by atoms with Crippen LogP contribution in [-0.4, -0.2) is 49.7 Å². The van der Waals surface area contributed by atoms with Gasteiger partial charge in [-0.2, -0.15) is 0 Å². The van der Waals surface area contributed by atoms with Gasteiger partial charge in [0.05, 0.1) is 5.56 Å². The molecule has 4 heteroatoms. The molecule has 0 fully saturated rings. The third-order valence-electron chi connectivity index (χ3n) is 3.57. The first-order valence-corrected chi connectivity index (χ1v) is 6.84. The van der Waals surface area contributed by atoms with Crippen molar-refractivity contribution in [3.05, 3.63) is 29.3 Å².